The molecule has 2 rings (SSSR count). The van der Waals surface area contributed by atoms with Gasteiger partial charge in [-0.2, -0.15) is 0 Å². The van der Waals surface area contributed by atoms with Crippen molar-refractivity contribution >= 4 is 5.82 Å². The van der Waals surface area contributed by atoms with E-state index in [1.54, 1.807) is 0 Å². The van der Waals surface area contributed by atoms with Crippen LogP contribution in [0.4, 0.5) is 5.82 Å². The van der Waals surface area contributed by atoms with E-state index < -0.39 is 0 Å². The van der Waals surface area contributed by atoms with Crippen LogP contribution in [0.2, 0.25) is 0 Å². The second-order valence-corrected chi connectivity index (χ2v) is 5.70. The van der Waals surface area contributed by atoms with Crippen molar-refractivity contribution in [1.82, 2.24) is 9.88 Å². The zero-order valence-corrected chi connectivity index (χ0v) is 11.9. The van der Waals surface area contributed by atoms with Crippen LogP contribution in [0, 0.1) is 5.41 Å². The summed E-state index contributed by atoms with van der Waals surface area (Å²) in [6.07, 6.45) is 5.78. The van der Waals surface area contributed by atoms with Crippen molar-refractivity contribution in [3.63, 3.8) is 0 Å². The maximum atomic E-state index is 4.37. The number of nitrogens with one attached hydrogen (secondary N) is 1. The smallest absolute Gasteiger partial charge is 0.130 e. The number of anilines is 1. The first-order valence-electron chi connectivity index (χ1n) is 7.01. The molecule has 0 aliphatic carbocycles. The third-order valence-electron chi connectivity index (χ3n) is 4.44. The van der Waals surface area contributed by atoms with Crippen molar-refractivity contribution in [2.45, 2.75) is 39.7 Å². The molecule has 18 heavy (non-hydrogen) atoms. The average molecular weight is 247 g/mol. The molecule has 0 atom stereocenters. The van der Waals surface area contributed by atoms with Gasteiger partial charge in [0, 0.05) is 25.4 Å². The molecule has 0 radical (unpaired) electrons. The first kappa shape index (κ1) is 13.3. The Balaban J connectivity index is 1.95. The largest absolute Gasteiger partial charge is 0.373 e. The fourth-order valence-corrected chi connectivity index (χ4v) is 2.64. The third kappa shape index (κ3) is 3.02. The molecule has 0 bridgehead atoms. The van der Waals surface area contributed by atoms with Gasteiger partial charge in [0.2, 0.25) is 0 Å². The van der Waals surface area contributed by atoms with Crippen molar-refractivity contribution < 1.29 is 0 Å². The number of hydrogen-bond acceptors (Lipinski definition) is 3. The Morgan fingerprint density at radius 1 is 1.39 bits per heavy atom. The van der Waals surface area contributed by atoms with E-state index in [1.165, 1.54) is 37.9 Å². The zero-order valence-electron chi connectivity index (χ0n) is 11.9. The highest BCUT2D eigenvalue weighted by Gasteiger charge is 2.28. The maximum Gasteiger partial charge on any atom is 0.130 e. The quantitative estimate of drug-likeness (QED) is 0.886. The minimum absolute atomic E-state index is 0.567. The second-order valence-electron chi connectivity index (χ2n) is 5.70. The molecule has 0 unspecified atom stereocenters. The summed E-state index contributed by atoms with van der Waals surface area (Å²) in [5.41, 5.74) is 1.87. The van der Waals surface area contributed by atoms with Gasteiger partial charge < -0.3 is 5.32 Å². The molecule has 1 aliphatic rings. The number of nitrogens with zero attached hydrogens (tertiary/aromatic N) is 2. The van der Waals surface area contributed by atoms with Crippen LogP contribution in [-0.2, 0) is 6.54 Å². The molecular formula is C15H25N3. The number of rotatable bonds is 4. The van der Waals surface area contributed by atoms with E-state index in [9.17, 15) is 0 Å². The number of likely N-dealkylation sites (tertiary alicyclic amines) is 1. The summed E-state index contributed by atoms with van der Waals surface area (Å²) in [5.74, 6) is 1.02. The highest BCUT2D eigenvalue weighted by molar-refractivity contribution is 5.42. The van der Waals surface area contributed by atoms with Crippen LogP contribution in [0.25, 0.3) is 0 Å². The molecule has 0 spiro atoms. The topological polar surface area (TPSA) is 28.2 Å². The number of aromatic nitrogens is 1. The van der Waals surface area contributed by atoms with Gasteiger partial charge in [0.1, 0.15) is 5.82 Å². The number of pyridine rings is 1. The Bertz CT molecular complexity index is 381. The Labute approximate surface area is 111 Å². The molecule has 1 N–H and O–H groups in total. The van der Waals surface area contributed by atoms with Gasteiger partial charge in [-0.25, -0.2) is 4.98 Å². The normalized spacial score (nSPS) is 19.7. The molecule has 1 saturated heterocycles. The van der Waals surface area contributed by atoms with Gasteiger partial charge in [-0.1, -0.05) is 26.3 Å². The van der Waals surface area contributed by atoms with Crippen LogP contribution in [0.3, 0.4) is 0 Å². The second kappa shape index (κ2) is 5.70. The van der Waals surface area contributed by atoms with E-state index in [0.29, 0.717) is 5.41 Å². The molecular weight excluding hydrogens is 222 g/mol. The predicted octanol–water partition coefficient (Wildman–Crippen LogP) is 3.14. The molecule has 100 valence electrons. The summed E-state index contributed by atoms with van der Waals surface area (Å²) < 4.78 is 0. The molecule has 0 amide bonds. The Kier molecular flexibility index (Phi) is 4.23. The lowest BCUT2D eigenvalue weighted by molar-refractivity contribution is 0.110. The van der Waals surface area contributed by atoms with Crippen LogP contribution < -0.4 is 5.32 Å². The van der Waals surface area contributed by atoms with Crippen LogP contribution in [-0.4, -0.2) is 30.0 Å². The Morgan fingerprint density at radius 3 is 2.72 bits per heavy atom. The molecule has 1 aromatic heterocycles. The van der Waals surface area contributed by atoms with E-state index in [1.807, 2.05) is 19.3 Å². The molecule has 0 saturated carbocycles. The molecule has 1 aromatic rings. The van der Waals surface area contributed by atoms with E-state index in [4.69, 9.17) is 0 Å². The van der Waals surface area contributed by atoms with Gasteiger partial charge in [-0.3, -0.25) is 4.90 Å². The SMILES string of the molecule is CCC1(C)CCN(Cc2cccnc2NC)CC1. The summed E-state index contributed by atoms with van der Waals surface area (Å²) >= 11 is 0. The van der Waals surface area contributed by atoms with E-state index in [2.05, 4.69) is 35.1 Å². The zero-order chi connectivity index (χ0) is 13.0. The van der Waals surface area contributed by atoms with Gasteiger partial charge in [0.15, 0.2) is 0 Å². The summed E-state index contributed by atoms with van der Waals surface area (Å²) in [4.78, 5) is 6.92. The molecule has 3 heteroatoms. The van der Waals surface area contributed by atoms with Gasteiger partial charge in [-0.05, 0) is 37.4 Å². The van der Waals surface area contributed by atoms with Crippen LogP contribution in [0.15, 0.2) is 18.3 Å². The van der Waals surface area contributed by atoms with Crippen LogP contribution >= 0.6 is 0 Å². The summed E-state index contributed by atoms with van der Waals surface area (Å²) in [6.45, 7) is 8.18. The Hall–Kier alpha value is -1.09. The number of piperidine rings is 1. The van der Waals surface area contributed by atoms with Gasteiger partial charge in [0.25, 0.3) is 0 Å². The Morgan fingerprint density at radius 2 is 2.11 bits per heavy atom. The maximum absolute atomic E-state index is 4.37. The first-order valence-corrected chi connectivity index (χ1v) is 7.01. The van der Waals surface area contributed by atoms with Gasteiger partial charge in [-0.15, -0.1) is 0 Å². The van der Waals surface area contributed by atoms with Crippen LogP contribution in [0.1, 0.15) is 38.7 Å². The predicted molar refractivity (Wildman–Crippen MR) is 76.7 cm³/mol. The average Bonchev–Trinajstić information content (AvgIpc) is 2.42. The molecule has 1 aliphatic heterocycles. The van der Waals surface area contributed by atoms with E-state index >= 15 is 0 Å². The minimum Gasteiger partial charge on any atom is -0.373 e. The molecule has 1 fully saturated rings. The summed E-state index contributed by atoms with van der Waals surface area (Å²) in [7, 11) is 1.94. The van der Waals surface area contributed by atoms with Crippen molar-refractivity contribution in [3.8, 4) is 0 Å². The summed E-state index contributed by atoms with van der Waals surface area (Å²) in [5, 5.41) is 3.17. The van der Waals surface area contributed by atoms with E-state index in [0.717, 1.165) is 12.4 Å². The fraction of sp³-hybridized carbons (Fsp3) is 0.667. The highest BCUT2D eigenvalue weighted by atomic mass is 15.1. The monoisotopic (exact) mass is 247 g/mol. The lowest BCUT2D eigenvalue weighted by atomic mass is 9.78. The van der Waals surface area contributed by atoms with Crippen molar-refractivity contribution in [2.24, 2.45) is 5.41 Å². The highest BCUT2D eigenvalue weighted by Crippen LogP contribution is 2.34. The number of hydrogen-bond donors (Lipinski definition) is 1. The van der Waals surface area contributed by atoms with Gasteiger partial charge >= 0.3 is 0 Å². The molecule has 3 nitrogen and oxygen atoms in total. The molecule has 2 heterocycles. The first-order chi connectivity index (χ1) is 8.67. The third-order valence-corrected chi connectivity index (χ3v) is 4.44. The van der Waals surface area contributed by atoms with Crippen molar-refractivity contribution in [1.29, 1.82) is 0 Å². The lowest BCUT2D eigenvalue weighted by Gasteiger charge is -2.39. The lowest BCUT2D eigenvalue weighted by Crippen LogP contribution is -2.38. The van der Waals surface area contributed by atoms with Gasteiger partial charge in [0.05, 0.1) is 0 Å². The van der Waals surface area contributed by atoms with Crippen molar-refractivity contribution in [2.75, 3.05) is 25.5 Å². The van der Waals surface area contributed by atoms with Crippen molar-refractivity contribution in [3.05, 3.63) is 23.9 Å². The fourth-order valence-electron chi connectivity index (χ4n) is 2.64. The summed E-state index contributed by atoms with van der Waals surface area (Å²) in [6, 6.07) is 4.20. The van der Waals surface area contributed by atoms with Crippen LogP contribution in [0.5, 0.6) is 0 Å². The molecule has 0 aromatic carbocycles. The van der Waals surface area contributed by atoms with E-state index in [-0.39, 0.29) is 0 Å². The standard InChI is InChI=1S/C15H25N3/c1-4-15(2)7-10-18(11-8-15)12-13-6-5-9-17-14(13)16-3/h5-6,9H,4,7-8,10-12H2,1-3H3,(H,16,17). The minimum atomic E-state index is 0.567.